The van der Waals surface area contributed by atoms with E-state index in [1.165, 1.54) is 26.4 Å². The largest absolute Gasteiger partial charge is 0.496 e. The minimum atomic E-state index is -0.529. The van der Waals surface area contributed by atoms with Gasteiger partial charge in [-0.3, -0.25) is 4.79 Å². The lowest BCUT2D eigenvalue weighted by molar-refractivity contribution is 0.0600. The zero-order valence-electron chi connectivity index (χ0n) is 11.9. The van der Waals surface area contributed by atoms with E-state index in [-0.39, 0.29) is 16.9 Å². The van der Waals surface area contributed by atoms with Crippen molar-refractivity contribution >= 4 is 39.3 Å². The van der Waals surface area contributed by atoms with Crippen molar-refractivity contribution in [3.63, 3.8) is 0 Å². The van der Waals surface area contributed by atoms with Crippen LogP contribution in [0.2, 0.25) is 5.02 Å². The summed E-state index contributed by atoms with van der Waals surface area (Å²) in [6.45, 7) is 0. The SMILES string of the molecule is COC(=O)c1ccc(OC)c(C(=O)c2ccc(Br)cc2Cl)c1. The van der Waals surface area contributed by atoms with Crippen molar-refractivity contribution in [3.05, 3.63) is 62.6 Å². The Bertz CT molecular complexity index is 743. The lowest BCUT2D eigenvalue weighted by atomic mass is 10.00. The topological polar surface area (TPSA) is 52.6 Å². The predicted octanol–water partition coefficient (Wildman–Crippen LogP) is 4.13. The molecule has 0 saturated heterocycles. The van der Waals surface area contributed by atoms with Gasteiger partial charge in [-0.2, -0.15) is 0 Å². The summed E-state index contributed by atoms with van der Waals surface area (Å²) in [7, 11) is 2.73. The van der Waals surface area contributed by atoms with Crippen LogP contribution in [0.5, 0.6) is 5.75 Å². The number of carbonyl (C=O) groups excluding carboxylic acids is 2. The maximum atomic E-state index is 12.7. The van der Waals surface area contributed by atoms with E-state index in [9.17, 15) is 9.59 Å². The van der Waals surface area contributed by atoms with E-state index in [1.807, 2.05) is 0 Å². The monoisotopic (exact) mass is 382 g/mol. The number of benzene rings is 2. The standard InChI is InChI=1S/C16H12BrClO4/c1-21-14-6-3-9(16(20)22-2)7-12(14)15(19)11-5-4-10(17)8-13(11)18/h3-8H,1-2H3. The third-order valence-corrected chi connectivity index (χ3v) is 3.85. The fraction of sp³-hybridized carbons (Fsp3) is 0.125. The van der Waals surface area contributed by atoms with Gasteiger partial charge in [-0.25, -0.2) is 4.79 Å². The number of esters is 1. The molecule has 0 aliphatic carbocycles. The molecule has 0 amide bonds. The lowest BCUT2D eigenvalue weighted by Crippen LogP contribution is -2.08. The number of carbonyl (C=O) groups is 2. The summed E-state index contributed by atoms with van der Waals surface area (Å²) in [6.07, 6.45) is 0. The number of rotatable bonds is 4. The summed E-state index contributed by atoms with van der Waals surface area (Å²) >= 11 is 9.40. The van der Waals surface area contributed by atoms with Crippen LogP contribution in [0.25, 0.3) is 0 Å². The molecule has 22 heavy (non-hydrogen) atoms. The van der Waals surface area contributed by atoms with Crippen molar-refractivity contribution in [2.45, 2.75) is 0 Å². The third kappa shape index (κ3) is 3.31. The molecule has 0 fully saturated rings. The van der Waals surface area contributed by atoms with Crippen molar-refractivity contribution in [2.75, 3.05) is 14.2 Å². The van der Waals surface area contributed by atoms with Crippen LogP contribution in [-0.2, 0) is 4.74 Å². The minimum absolute atomic E-state index is 0.245. The zero-order valence-corrected chi connectivity index (χ0v) is 14.2. The Kier molecular flexibility index (Phi) is 5.21. The molecule has 0 N–H and O–H groups in total. The smallest absolute Gasteiger partial charge is 0.337 e. The van der Waals surface area contributed by atoms with E-state index < -0.39 is 5.97 Å². The summed E-state index contributed by atoms with van der Waals surface area (Å²) in [6, 6.07) is 9.47. The van der Waals surface area contributed by atoms with Crippen LogP contribution in [-0.4, -0.2) is 26.0 Å². The quantitative estimate of drug-likeness (QED) is 0.588. The highest BCUT2D eigenvalue weighted by Gasteiger charge is 2.19. The summed E-state index contributed by atoms with van der Waals surface area (Å²) in [4.78, 5) is 24.3. The molecule has 0 saturated carbocycles. The first-order chi connectivity index (χ1) is 10.5. The van der Waals surface area contributed by atoms with Crippen molar-refractivity contribution in [3.8, 4) is 5.75 Å². The predicted molar refractivity (Wildman–Crippen MR) is 86.9 cm³/mol. The van der Waals surface area contributed by atoms with Gasteiger partial charge in [-0.05, 0) is 36.4 Å². The summed E-state index contributed by atoms with van der Waals surface area (Å²) in [5.74, 6) is -0.504. The number of hydrogen-bond acceptors (Lipinski definition) is 4. The highest BCUT2D eigenvalue weighted by molar-refractivity contribution is 9.10. The Morgan fingerprint density at radius 2 is 1.77 bits per heavy atom. The highest BCUT2D eigenvalue weighted by Crippen LogP contribution is 2.28. The van der Waals surface area contributed by atoms with Gasteiger partial charge in [0.05, 0.1) is 30.4 Å². The van der Waals surface area contributed by atoms with Gasteiger partial charge < -0.3 is 9.47 Å². The maximum Gasteiger partial charge on any atom is 0.337 e. The van der Waals surface area contributed by atoms with Gasteiger partial charge in [0.25, 0.3) is 0 Å². The Balaban J connectivity index is 2.53. The molecular weight excluding hydrogens is 372 g/mol. The van der Waals surface area contributed by atoms with Crippen LogP contribution in [0.15, 0.2) is 40.9 Å². The van der Waals surface area contributed by atoms with Gasteiger partial charge >= 0.3 is 5.97 Å². The summed E-state index contributed by atoms with van der Waals surface area (Å²) in [5, 5.41) is 0.310. The molecule has 2 rings (SSSR count). The van der Waals surface area contributed by atoms with Crippen LogP contribution in [0.4, 0.5) is 0 Å². The molecule has 0 aliphatic heterocycles. The second kappa shape index (κ2) is 6.94. The lowest BCUT2D eigenvalue weighted by Gasteiger charge is -2.10. The van der Waals surface area contributed by atoms with Crippen molar-refractivity contribution < 1.29 is 19.1 Å². The van der Waals surface area contributed by atoms with Gasteiger partial charge in [-0.1, -0.05) is 27.5 Å². The molecule has 114 valence electrons. The third-order valence-electron chi connectivity index (χ3n) is 3.04. The molecule has 4 nitrogen and oxygen atoms in total. The Morgan fingerprint density at radius 3 is 2.36 bits per heavy atom. The van der Waals surface area contributed by atoms with E-state index in [4.69, 9.17) is 16.3 Å². The average molecular weight is 384 g/mol. The first-order valence-corrected chi connectivity index (χ1v) is 7.41. The van der Waals surface area contributed by atoms with Gasteiger partial charge in [0.2, 0.25) is 0 Å². The van der Waals surface area contributed by atoms with Crippen molar-refractivity contribution in [2.24, 2.45) is 0 Å². The molecular formula is C16H12BrClO4. The van der Waals surface area contributed by atoms with Crippen molar-refractivity contribution in [1.29, 1.82) is 0 Å². The summed E-state index contributed by atoms with van der Waals surface area (Å²) < 4.78 is 10.6. The molecule has 2 aromatic rings. The van der Waals surface area contributed by atoms with Crippen LogP contribution >= 0.6 is 27.5 Å². The molecule has 0 aliphatic rings. The van der Waals surface area contributed by atoms with E-state index in [0.29, 0.717) is 16.3 Å². The minimum Gasteiger partial charge on any atom is -0.496 e. The molecule has 0 heterocycles. The Labute approximate surface area is 141 Å². The van der Waals surface area contributed by atoms with Crippen LogP contribution in [0, 0.1) is 0 Å². The van der Waals surface area contributed by atoms with Crippen LogP contribution < -0.4 is 4.74 Å². The molecule has 0 spiro atoms. The van der Waals surface area contributed by atoms with Gasteiger partial charge in [0.15, 0.2) is 5.78 Å². The second-order valence-corrected chi connectivity index (χ2v) is 5.68. The Morgan fingerprint density at radius 1 is 1.05 bits per heavy atom. The molecule has 0 radical (unpaired) electrons. The van der Waals surface area contributed by atoms with Crippen LogP contribution in [0.3, 0.4) is 0 Å². The number of ether oxygens (including phenoxy) is 2. The molecule has 0 bridgehead atoms. The second-order valence-electron chi connectivity index (χ2n) is 4.36. The molecule has 0 unspecified atom stereocenters. The molecule has 6 heteroatoms. The first-order valence-electron chi connectivity index (χ1n) is 6.24. The Hall–Kier alpha value is -1.85. The fourth-order valence-electron chi connectivity index (χ4n) is 1.95. The van der Waals surface area contributed by atoms with Gasteiger partial charge in [0, 0.05) is 10.0 Å². The number of hydrogen-bond donors (Lipinski definition) is 0. The van der Waals surface area contributed by atoms with E-state index >= 15 is 0 Å². The summed E-state index contributed by atoms with van der Waals surface area (Å²) in [5.41, 5.74) is 0.833. The van der Waals surface area contributed by atoms with Crippen LogP contribution in [0.1, 0.15) is 26.3 Å². The van der Waals surface area contributed by atoms with Crippen molar-refractivity contribution in [1.82, 2.24) is 0 Å². The first kappa shape index (κ1) is 16.5. The van der Waals surface area contributed by atoms with Gasteiger partial charge in [0.1, 0.15) is 5.75 Å². The average Bonchev–Trinajstić information content (AvgIpc) is 2.52. The normalized spacial score (nSPS) is 10.2. The maximum absolute atomic E-state index is 12.7. The molecule has 2 aromatic carbocycles. The fourth-order valence-corrected chi connectivity index (χ4v) is 2.71. The zero-order chi connectivity index (χ0) is 16.3. The van der Waals surface area contributed by atoms with Gasteiger partial charge in [-0.15, -0.1) is 0 Å². The van der Waals surface area contributed by atoms with E-state index in [2.05, 4.69) is 20.7 Å². The van der Waals surface area contributed by atoms with E-state index in [1.54, 1.807) is 24.3 Å². The number of halogens is 2. The van der Waals surface area contributed by atoms with E-state index in [0.717, 1.165) is 4.47 Å². The molecule has 0 atom stereocenters. The number of methoxy groups -OCH3 is 2. The highest BCUT2D eigenvalue weighted by atomic mass is 79.9. The number of ketones is 1. The molecule has 0 aromatic heterocycles.